The maximum absolute atomic E-state index is 5.08. The van der Waals surface area contributed by atoms with Gasteiger partial charge in [-0.25, -0.2) is 9.97 Å². The molecule has 0 amide bonds. The minimum atomic E-state index is 0.626. The first-order valence-electron chi connectivity index (χ1n) is 8.76. The predicted octanol–water partition coefficient (Wildman–Crippen LogP) is 4.79. The van der Waals surface area contributed by atoms with Crippen LogP contribution in [0.5, 0.6) is 0 Å². The van der Waals surface area contributed by atoms with E-state index in [4.69, 9.17) is 4.74 Å². The van der Waals surface area contributed by atoms with Crippen molar-refractivity contribution in [1.29, 1.82) is 0 Å². The van der Waals surface area contributed by atoms with E-state index in [9.17, 15) is 0 Å². The van der Waals surface area contributed by atoms with Gasteiger partial charge in [-0.2, -0.15) is 0 Å². The van der Waals surface area contributed by atoms with E-state index in [1.165, 1.54) is 15.0 Å². The number of hydrogen-bond donors (Lipinski definition) is 1. The first-order chi connectivity index (χ1) is 13.2. The van der Waals surface area contributed by atoms with Gasteiger partial charge in [0.25, 0.3) is 0 Å². The minimum Gasteiger partial charge on any atom is -0.383 e. The molecule has 3 heterocycles. The molecule has 3 aromatic heterocycles. The van der Waals surface area contributed by atoms with Crippen molar-refractivity contribution in [2.45, 2.75) is 6.92 Å². The van der Waals surface area contributed by atoms with Crippen molar-refractivity contribution < 1.29 is 4.74 Å². The molecule has 1 aromatic carbocycles. The first-order valence-corrected chi connectivity index (χ1v) is 9.57. The molecule has 0 bridgehead atoms. The fourth-order valence-electron chi connectivity index (χ4n) is 2.93. The summed E-state index contributed by atoms with van der Waals surface area (Å²) in [5, 5.41) is 4.52. The zero-order valence-electron chi connectivity index (χ0n) is 15.3. The van der Waals surface area contributed by atoms with Gasteiger partial charge in [0.1, 0.15) is 11.6 Å². The molecule has 6 heteroatoms. The highest BCUT2D eigenvalue weighted by Crippen LogP contribution is 2.34. The maximum Gasteiger partial charge on any atom is 0.130 e. The molecule has 5 nitrogen and oxygen atoms in total. The first kappa shape index (κ1) is 17.6. The Balaban J connectivity index is 1.68. The smallest absolute Gasteiger partial charge is 0.130 e. The van der Waals surface area contributed by atoms with Gasteiger partial charge in [-0.3, -0.25) is 4.98 Å². The Labute approximate surface area is 162 Å². The molecular weight excluding hydrogens is 356 g/mol. The fourth-order valence-corrected chi connectivity index (χ4v) is 3.97. The van der Waals surface area contributed by atoms with Crippen molar-refractivity contribution in [2.24, 2.45) is 0 Å². The molecular formula is C21H20N4OS. The van der Waals surface area contributed by atoms with Gasteiger partial charge in [0.2, 0.25) is 0 Å². The molecule has 27 heavy (non-hydrogen) atoms. The number of pyridine rings is 1. The standard InChI is InChI=1S/C21H20N4OS/c1-14-24-18(11-21(25-14)23-7-8-26-2)16-9-17(13-22-12-16)20-10-15-5-3-4-6-19(15)27-20/h3-6,9-13H,7-8H2,1-2H3,(H,23,24,25). The number of nitrogens with zero attached hydrogens (tertiary/aromatic N) is 3. The van der Waals surface area contributed by atoms with E-state index in [1.807, 2.05) is 25.4 Å². The summed E-state index contributed by atoms with van der Waals surface area (Å²) in [6.45, 7) is 3.22. The maximum atomic E-state index is 5.08. The molecule has 0 saturated heterocycles. The van der Waals surface area contributed by atoms with Crippen LogP contribution in [-0.2, 0) is 4.74 Å². The predicted molar refractivity (Wildman–Crippen MR) is 111 cm³/mol. The third-order valence-electron chi connectivity index (χ3n) is 4.19. The number of anilines is 1. The van der Waals surface area contributed by atoms with E-state index < -0.39 is 0 Å². The average Bonchev–Trinajstić information content (AvgIpc) is 3.12. The summed E-state index contributed by atoms with van der Waals surface area (Å²) in [4.78, 5) is 14.7. The van der Waals surface area contributed by atoms with Gasteiger partial charge in [0, 0.05) is 52.8 Å². The molecule has 0 atom stereocenters. The topological polar surface area (TPSA) is 59.9 Å². The average molecular weight is 376 g/mol. The lowest BCUT2D eigenvalue weighted by molar-refractivity contribution is 0.210. The zero-order valence-corrected chi connectivity index (χ0v) is 16.1. The lowest BCUT2D eigenvalue weighted by Gasteiger charge is -2.09. The third-order valence-corrected chi connectivity index (χ3v) is 5.36. The van der Waals surface area contributed by atoms with E-state index in [-0.39, 0.29) is 0 Å². The number of rotatable bonds is 6. The molecule has 0 radical (unpaired) electrons. The number of aromatic nitrogens is 3. The number of fused-ring (bicyclic) bond motifs is 1. The molecule has 4 aromatic rings. The third kappa shape index (κ3) is 3.97. The molecule has 1 N–H and O–H groups in total. The van der Waals surface area contributed by atoms with Crippen LogP contribution < -0.4 is 5.32 Å². The molecule has 0 aliphatic carbocycles. The highest BCUT2D eigenvalue weighted by Gasteiger charge is 2.09. The van der Waals surface area contributed by atoms with Crippen LogP contribution in [0, 0.1) is 6.92 Å². The number of nitrogens with one attached hydrogen (secondary N) is 1. The van der Waals surface area contributed by atoms with E-state index in [2.05, 4.69) is 56.7 Å². The summed E-state index contributed by atoms with van der Waals surface area (Å²) in [5.74, 6) is 1.52. The van der Waals surface area contributed by atoms with Crippen LogP contribution in [0.15, 0.2) is 54.9 Å². The van der Waals surface area contributed by atoms with Crippen LogP contribution in [0.4, 0.5) is 5.82 Å². The van der Waals surface area contributed by atoms with Crippen molar-refractivity contribution in [1.82, 2.24) is 15.0 Å². The Bertz CT molecular complexity index is 1040. The second kappa shape index (κ2) is 7.82. The van der Waals surface area contributed by atoms with Crippen LogP contribution in [0.25, 0.3) is 31.8 Å². The number of thiophene rings is 1. The monoisotopic (exact) mass is 376 g/mol. The van der Waals surface area contributed by atoms with Crippen molar-refractivity contribution in [3.05, 3.63) is 60.7 Å². The van der Waals surface area contributed by atoms with Crippen LogP contribution in [0.1, 0.15) is 5.82 Å². The summed E-state index contributed by atoms with van der Waals surface area (Å²) in [7, 11) is 1.68. The summed E-state index contributed by atoms with van der Waals surface area (Å²) in [6.07, 6.45) is 3.75. The van der Waals surface area contributed by atoms with Crippen molar-refractivity contribution in [2.75, 3.05) is 25.6 Å². The molecule has 0 unspecified atom stereocenters. The summed E-state index contributed by atoms with van der Waals surface area (Å²) < 4.78 is 6.36. The Kier molecular flexibility index (Phi) is 5.09. The Morgan fingerprint density at radius 2 is 1.89 bits per heavy atom. The van der Waals surface area contributed by atoms with Crippen LogP contribution >= 0.6 is 11.3 Å². The quantitative estimate of drug-likeness (QED) is 0.490. The molecule has 136 valence electrons. The van der Waals surface area contributed by atoms with Crippen LogP contribution in [0.3, 0.4) is 0 Å². The Morgan fingerprint density at radius 3 is 2.74 bits per heavy atom. The fraction of sp³-hybridized carbons (Fsp3) is 0.190. The highest BCUT2D eigenvalue weighted by molar-refractivity contribution is 7.22. The number of methoxy groups -OCH3 is 1. The second-order valence-electron chi connectivity index (χ2n) is 6.22. The van der Waals surface area contributed by atoms with Crippen molar-refractivity contribution in [3.63, 3.8) is 0 Å². The van der Waals surface area contributed by atoms with Gasteiger partial charge >= 0.3 is 0 Å². The lowest BCUT2D eigenvalue weighted by atomic mass is 10.1. The van der Waals surface area contributed by atoms with Crippen LogP contribution in [-0.4, -0.2) is 35.2 Å². The van der Waals surface area contributed by atoms with Crippen molar-refractivity contribution in [3.8, 4) is 21.7 Å². The van der Waals surface area contributed by atoms with E-state index in [0.717, 1.165) is 28.5 Å². The van der Waals surface area contributed by atoms with E-state index in [0.29, 0.717) is 13.2 Å². The van der Waals surface area contributed by atoms with Gasteiger partial charge in [-0.15, -0.1) is 11.3 Å². The zero-order chi connectivity index (χ0) is 18.6. The molecule has 0 spiro atoms. The molecule has 4 rings (SSSR count). The van der Waals surface area contributed by atoms with E-state index >= 15 is 0 Å². The summed E-state index contributed by atoms with van der Waals surface area (Å²) in [6, 6.07) is 14.7. The molecule has 0 fully saturated rings. The lowest BCUT2D eigenvalue weighted by Crippen LogP contribution is -2.09. The number of benzene rings is 1. The van der Waals surface area contributed by atoms with Gasteiger partial charge in [0.05, 0.1) is 12.3 Å². The SMILES string of the molecule is COCCNc1cc(-c2cncc(-c3cc4ccccc4s3)c2)nc(C)n1. The minimum absolute atomic E-state index is 0.626. The Hall–Kier alpha value is -2.83. The number of hydrogen-bond acceptors (Lipinski definition) is 6. The number of ether oxygens (including phenoxy) is 1. The molecule has 0 aliphatic heterocycles. The highest BCUT2D eigenvalue weighted by atomic mass is 32.1. The second-order valence-corrected chi connectivity index (χ2v) is 7.30. The normalized spacial score (nSPS) is 11.0. The molecule has 0 saturated carbocycles. The summed E-state index contributed by atoms with van der Waals surface area (Å²) >= 11 is 1.78. The summed E-state index contributed by atoms with van der Waals surface area (Å²) in [5.41, 5.74) is 2.93. The van der Waals surface area contributed by atoms with Gasteiger partial charge in [0.15, 0.2) is 0 Å². The van der Waals surface area contributed by atoms with E-state index in [1.54, 1.807) is 18.4 Å². The molecule has 0 aliphatic rings. The van der Waals surface area contributed by atoms with Crippen LogP contribution in [0.2, 0.25) is 0 Å². The van der Waals surface area contributed by atoms with Gasteiger partial charge in [-0.1, -0.05) is 18.2 Å². The Morgan fingerprint density at radius 1 is 1.04 bits per heavy atom. The van der Waals surface area contributed by atoms with Crippen molar-refractivity contribution >= 4 is 27.2 Å². The number of aryl methyl sites for hydroxylation is 1. The van der Waals surface area contributed by atoms with Gasteiger partial charge < -0.3 is 10.1 Å². The largest absolute Gasteiger partial charge is 0.383 e. The van der Waals surface area contributed by atoms with Gasteiger partial charge in [-0.05, 0) is 30.5 Å².